The SMILES string of the molecule is CCOc1c(C(C)=O)cc(Cl)c(C#N)c1C(O)CNC(=O)O. The molecule has 1 amide bonds. The van der Waals surface area contributed by atoms with Gasteiger partial charge >= 0.3 is 6.09 Å². The number of ketones is 1. The molecule has 1 aromatic rings. The highest BCUT2D eigenvalue weighted by Gasteiger charge is 2.26. The number of Topliss-reactive ketones (excluding diaryl/α,β-unsaturated/α-hetero) is 1. The molecule has 8 heteroatoms. The van der Waals surface area contributed by atoms with E-state index in [1.165, 1.54) is 13.0 Å². The van der Waals surface area contributed by atoms with Gasteiger partial charge in [0.15, 0.2) is 5.78 Å². The summed E-state index contributed by atoms with van der Waals surface area (Å²) in [7, 11) is 0. The van der Waals surface area contributed by atoms with Gasteiger partial charge in [0, 0.05) is 5.56 Å². The van der Waals surface area contributed by atoms with Gasteiger partial charge in [0.1, 0.15) is 17.9 Å². The average molecular weight is 327 g/mol. The van der Waals surface area contributed by atoms with E-state index in [1.807, 2.05) is 11.4 Å². The van der Waals surface area contributed by atoms with Crippen molar-refractivity contribution in [1.82, 2.24) is 5.32 Å². The number of benzene rings is 1. The van der Waals surface area contributed by atoms with E-state index in [-0.39, 0.29) is 46.4 Å². The van der Waals surface area contributed by atoms with E-state index in [0.29, 0.717) is 0 Å². The van der Waals surface area contributed by atoms with Crippen molar-refractivity contribution in [1.29, 1.82) is 5.26 Å². The molecule has 1 unspecified atom stereocenters. The lowest BCUT2D eigenvalue weighted by atomic mass is 9.96. The Kier molecular flexibility index (Phi) is 6.16. The van der Waals surface area contributed by atoms with Crippen molar-refractivity contribution in [3.63, 3.8) is 0 Å². The van der Waals surface area contributed by atoms with E-state index in [0.717, 1.165) is 0 Å². The second-order valence-corrected chi connectivity index (χ2v) is 4.73. The van der Waals surface area contributed by atoms with Crippen LogP contribution in [0.15, 0.2) is 6.07 Å². The summed E-state index contributed by atoms with van der Waals surface area (Å²) in [5, 5.41) is 30.0. The molecule has 1 atom stereocenters. The Balaban J connectivity index is 3.51. The summed E-state index contributed by atoms with van der Waals surface area (Å²) in [4.78, 5) is 22.3. The van der Waals surface area contributed by atoms with Gasteiger partial charge in [-0.1, -0.05) is 11.6 Å². The Hall–Kier alpha value is -2.30. The Morgan fingerprint density at radius 2 is 2.18 bits per heavy atom. The van der Waals surface area contributed by atoms with Gasteiger partial charge in [-0.15, -0.1) is 0 Å². The highest BCUT2D eigenvalue weighted by atomic mass is 35.5. The quantitative estimate of drug-likeness (QED) is 0.689. The molecule has 0 aromatic heterocycles. The Morgan fingerprint density at radius 1 is 1.55 bits per heavy atom. The van der Waals surface area contributed by atoms with Gasteiger partial charge in [-0.3, -0.25) is 4.79 Å². The molecule has 0 heterocycles. The van der Waals surface area contributed by atoms with Crippen molar-refractivity contribution in [2.24, 2.45) is 0 Å². The summed E-state index contributed by atoms with van der Waals surface area (Å²) >= 11 is 5.98. The number of halogens is 1. The molecule has 0 bridgehead atoms. The molecule has 3 N–H and O–H groups in total. The summed E-state index contributed by atoms with van der Waals surface area (Å²) in [6, 6.07) is 3.14. The van der Waals surface area contributed by atoms with Gasteiger partial charge in [0.25, 0.3) is 0 Å². The molecule has 1 aromatic carbocycles. The van der Waals surface area contributed by atoms with Crippen LogP contribution in [0.25, 0.3) is 0 Å². The number of hydrogen-bond acceptors (Lipinski definition) is 5. The molecule has 1 rings (SSSR count). The highest BCUT2D eigenvalue weighted by molar-refractivity contribution is 6.32. The Labute approximate surface area is 132 Å². The monoisotopic (exact) mass is 326 g/mol. The van der Waals surface area contributed by atoms with Gasteiger partial charge in [0.05, 0.1) is 29.3 Å². The van der Waals surface area contributed by atoms with Crippen LogP contribution in [0.4, 0.5) is 4.79 Å². The fourth-order valence-corrected chi connectivity index (χ4v) is 2.18. The van der Waals surface area contributed by atoms with Crippen LogP contribution in [0.2, 0.25) is 5.02 Å². The first kappa shape index (κ1) is 17.8. The van der Waals surface area contributed by atoms with Crippen LogP contribution in [0, 0.1) is 11.3 Å². The summed E-state index contributed by atoms with van der Waals surface area (Å²) in [6.45, 7) is 2.79. The number of aliphatic hydroxyl groups is 1. The molecule has 0 aliphatic heterocycles. The summed E-state index contributed by atoms with van der Waals surface area (Å²) in [6.07, 6.45) is -2.71. The molecule has 0 aliphatic carbocycles. The topological polar surface area (TPSA) is 120 Å². The number of ether oxygens (including phenoxy) is 1. The molecule has 0 spiro atoms. The zero-order chi connectivity index (χ0) is 16.9. The second kappa shape index (κ2) is 7.64. The molecule has 0 fully saturated rings. The van der Waals surface area contributed by atoms with Gasteiger partial charge < -0.3 is 20.3 Å². The van der Waals surface area contributed by atoms with E-state index >= 15 is 0 Å². The fourth-order valence-electron chi connectivity index (χ4n) is 1.93. The number of carbonyl (C=O) groups excluding carboxylic acids is 1. The maximum absolute atomic E-state index is 11.7. The molecule has 22 heavy (non-hydrogen) atoms. The van der Waals surface area contributed by atoms with Gasteiger partial charge in [-0.25, -0.2) is 4.79 Å². The third-order valence-electron chi connectivity index (χ3n) is 2.83. The largest absolute Gasteiger partial charge is 0.493 e. The zero-order valence-electron chi connectivity index (χ0n) is 12.0. The third kappa shape index (κ3) is 3.87. The molecule has 0 aliphatic rings. The first-order valence-electron chi connectivity index (χ1n) is 6.38. The number of carbonyl (C=O) groups is 2. The van der Waals surface area contributed by atoms with Gasteiger partial charge in [-0.05, 0) is 19.9 Å². The van der Waals surface area contributed by atoms with Crippen molar-refractivity contribution in [3.05, 3.63) is 27.8 Å². The number of hydrogen-bond donors (Lipinski definition) is 3. The third-order valence-corrected chi connectivity index (χ3v) is 3.13. The fraction of sp³-hybridized carbons (Fsp3) is 0.357. The van der Waals surface area contributed by atoms with E-state index in [9.17, 15) is 20.0 Å². The minimum atomic E-state index is -1.39. The number of rotatable bonds is 6. The minimum absolute atomic E-state index is 0.00389. The normalized spacial score (nSPS) is 11.4. The predicted molar refractivity (Wildman–Crippen MR) is 78.3 cm³/mol. The van der Waals surface area contributed by atoms with Crippen LogP contribution in [0.1, 0.15) is 41.4 Å². The molecule has 7 nitrogen and oxygen atoms in total. The number of nitrogens with zero attached hydrogens (tertiary/aromatic N) is 1. The summed E-state index contributed by atoms with van der Waals surface area (Å²) in [5.74, 6) is -0.315. The van der Waals surface area contributed by atoms with Gasteiger partial charge in [0.2, 0.25) is 0 Å². The van der Waals surface area contributed by atoms with Gasteiger partial charge in [-0.2, -0.15) is 5.26 Å². The number of nitrogens with one attached hydrogen (secondary N) is 1. The highest BCUT2D eigenvalue weighted by Crippen LogP contribution is 2.37. The van der Waals surface area contributed by atoms with Crippen molar-refractivity contribution in [2.45, 2.75) is 20.0 Å². The van der Waals surface area contributed by atoms with Crippen molar-refractivity contribution in [3.8, 4) is 11.8 Å². The van der Waals surface area contributed by atoms with Crippen LogP contribution in [0.5, 0.6) is 5.75 Å². The maximum Gasteiger partial charge on any atom is 0.404 e. The number of amides is 1. The molecular weight excluding hydrogens is 312 g/mol. The van der Waals surface area contributed by atoms with Crippen LogP contribution in [0.3, 0.4) is 0 Å². The van der Waals surface area contributed by atoms with Crippen molar-refractivity contribution in [2.75, 3.05) is 13.2 Å². The molecule has 0 radical (unpaired) electrons. The number of carboxylic acid groups (broad SMARTS) is 1. The number of nitriles is 1. The lowest BCUT2D eigenvalue weighted by molar-refractivity contribution is 0.101. The summed E-state index contributed by atoms with van der Waals surface area (Å²) in [5.41, 5.74) is 0.0563. The van der Waals surface area contributed by atoms with E-state index in [1.54, 1.807) is 6.92 Å². The van der Waals surface area contributed by atoms with E-state index < -0.39 is 12.2 Å². The maximum atomic E-state index is 11.7. The molecular formula is C14H15ClN2O5. The van der Waals surface area contributed by atoms with Crippen LogP contribution >= 0.6 is 11.6 Å². The zero-order valence-corrected chi connectivity index (χ0v) is 12.8. The van der Waals surface area contributed by atoms with Crippen LogP contribution in [-0.4, -0.2) is 35.2 Å². The van der Waals surface area contributed by atoms with E-state index in [2.05, 4.69) is 0 Å². The van der Waals surface area contributed by atoms with Crippen molar-refractivity contribution < 1.29 is 24.5 Å². The average Bonchev–Trinajstić information content (AvgIpc) is 2.45. The predicted octanol–water partition coefficient (Wildman–Crippen LogP) is 2.11. The lowest BCUT2D eigenvalue weighted by Gasteiger charge is -2.20. The molecule has 0 saturated carbocycles. The second-order valence-electron chi connectivity index (χ2n) is 4.33. The first-order chi connectivity index (χ1) is 10.3. The van der Waals surface area contributed by atoms with Crippen LogP contribution in [-0.2, 0) is 0 Å². The summed E-state index contributed by atoms with van der Waals surface area (Å²) < 4.78 is 5.39. The Bertz CT molecular complexity index is 639. The number of aliphatic hydroxyl groups excluding tert-OH is 1. The first-order valence-corrected chi connectivity index (χ1v) is 6.76. The Morgan fingerprint density at radius 3 is 2.64 bits per heavy atom. The standard InChI is InChI=1S/C14H15ClN2O5/c1-3-22-13-8(7(2)18)4-10(15)9(5-16)12(13)11(19)6-17-14(20)21/h4,11,17,19H,3,6H2,1-2H3,(H,20,21). The molecule has 0 saturated heterocycles. The lowest BCUT2D eigenvalue weighted by Crippen LogP contribution is -2.27. The van der Waals surface area contributed by atoms with E-state index in [4.69, 9.17) is 21.4 Å². The minimum Gasteiger partial charge on any atom is -0.493 e. The van der Waals surface area contributed by atoms with Crippen LogP contribution < -0.4 is 10.1 Å². The molecule has 118 valence electrons. The van der Waals surface area contributed by atoms with Crippen molar-refractivity contribution >= 4 is 23.5 Å². The smallest absolute Gasteiger partial charge is 0.404 e.